The molecule has 0 saturated heterocycles. The summed E-state index contributed by atoms with van der Waals surface area (Å²) in [5.74, 6) is 1.61. The van der Waals surface area contributed by atoms with Crippen LogP contribution in [0.4, 0.5) is 5.82 Å². The molecule has 1 heterocycles. The van der Waals surface area contributed by atoms with Crippen molar-refractivity contribution in [3.63, 3.8) is 0 Å². The number of halogens is 2. The van der Waals surface area contributed by atoms with Crippen molar-refractivity contribution in [1.29, 1.82) is 0 Å². The van der Waals surface area contributed by atoms with Crippen LogP contribution in [0, 0.1) is 0 Å². The number of nitrogens with zero attached hydrogens (tertiary/aromatic N) is 3. The maximum Gasteiger partial charge on any atom is 0.134 e. The average molecular weight is 310 g/mol. The zero-order chi connectivity index (χ0) is 14.5. The molecule has 0 spiro atoms. The van der Waals surface area contributed by atoms with Gasteiger partial charge in [0.25, 0.3) is 0 Å². The number of anilines is 1. The van der Waals surface area contributed by atoms with Crippen LogP contribution < -0.4 is 4.90 Å². The highest BCUT2D eigenvalue weighted by Crippen LogP contribution is 2.19. The van der Waals surface area contributed by atoms with Crippen LogP contribution >= 0.6 is 23.2 Å². The summed E-state index contributed by atoms with van der Waals surface area (Å²) in [6.45, 7) is 2.82. The molecule has 3 nitrogen and oxygen atoms in total. The third kappa shape index (κ3) is 4.09. The minimum absolute atomic E-state index is 0.483. The van der Waals surface area contributed by atoms with E-state index in [2.05, 4.69) is 16.9 Å². The quantitative estimate of drug-likeness (QED) is 0.768. The van der Waals surface area contributed by atoms with Crippen molar-refractivity contribution in [1.82, 2.24) is 9.97 Å². The lowest BCUT2D eigenvalue weighted by molar-refractivity contribution is 0.812. The highest BCUT2D eigenvalue weighted by molar-refractivity contribution is 6.30. The molecule has 0 fully saturated rings. The second kappa shape index (κ2) is 6.91. The zero-order valence-corrected chi connectivity index (χ0v) is 13.1. The van der Waals surface area contributed by atoms with Crippen LogP contribution in [0.25, 0.3) is 0 Å². The second-order valence-electron chi connectivity index (χ2n) is 4.70. The minimum atomic E-state index is 0.483. The van der Waals surface area contributed by atoms with Crippen molar-refractivity contribution in [2.24, 2.45) is 0 Å². The molecule has 2 aromatic rings. The molecular weight excluding hydrogens is 293 g/mol. The van der Waals surface area contributed by atoms with Gasteiger partial charge in [-0.2, -0.15) is 0 Å². The SMILES string of the molecule is CCCc1nc(Cl)cc(N(C)Cc2cccc(Cl)c2)n1. The van der Waals surface area contributed by atoms with Gasteiger partial charge in [-0.25, -0.2) is 9.97 Å². The summed E-state index contributed by atoms with van der Waals surface area (Å²) in [5.41, 5.74) is 1.13. The monoisotopic (exact) mass is 309 g/mol. The Kier molecular flexibility index (Phi) is 5.21. The van der Waals surface area contributed by atoms with Gasteiger partial charge in [-0.05, 0) is 24.1 Å². The molecule has 106 valence electrons. The Hall–Kier alpha value is -1.32. The van der Waals surface area contributed by atoms with E-state index >= 15 is 0 Å². The molecule has 5 heteroatoms. The molecule has 0 saturated carbocycles. The maximum atomic E-state index is 6.06. The molecule has 0 N–H and O–H groups in total. The van der Waals surface area contributed by atoms with Gasteiger partial charge in [0.1, 0.15) is 16.8 Å². The Balaban J connectivity index is 2.18. The Bertz CT molecular complexity index is 587. The fraction of sp³-hybridized carbons (Fsp3) is 0.333. The predicted octanol–water partition coefficient (Wildman–Crippen LogP) is 4.37. The molecule has 0 aliphatic heterocycles. The van der Waals surface area contributed by atoms with E-state index in [9.17, 15) is 0 Å². The molecule has 1 aromatic carbocycles. The van der Waals surface area contributed by atoms with Crippen LogP contribution in [0.15, 0.2) is 30.3 Å². The van der Waals surface area contributed by atoms with E-state index in [1.54, 1.807) is 6.07 Å². The molecule has 0 amide bonds. The van der Waals surface area contributed by atoms with Crippen LogP contribution in [-0.2, 0) is 13.0 Å². The van der Waals surface area contributed by atoms with Crippen LogP contribution in [0.5, 0.6) is 0 Å². The molecular formula is C15H17Cl2N3. The summed E-state index contributed by atoms with van der Waals surface area (Å²) in [5, 5.41) is 1.22. The van der Waals surface area contributed by atoms with Crippen molar-refractivity contribution < 1.29 is 0 Å². The number of aryl methyl sites for hydroxylation is 1. The summed E-state index contributed by atoms with van der Waals surface area (Å²) in [7, 11) is 1.98. The molecule has 0 atom stereocenters. The Morgan fingerprint density at radius 1 is 1.15 bits per heavy atom. The lowest BCUT2D eigenvalue weighted by Crippen LogP contribution is -2.18. The van der Waals surface area contributed by atoms with Gasteiger partial charge >= 0.3 is 0 Å². The standard InChI is InChI=1S/C15H17Cl2N3/c1-3-5-14-18-13(17)9-15(19-14)20(2)10-11-6-4-7-12(16)8-11/h4,6-9H,3,5,10H2,1-2H3. The van der Waals surface area contributed by atoms with E-state index in [0.29, 0.717) is 5.15 Å². The Morgan fingerprint density at radius 2 is 1.95 bits per heavy atom. The largest absolute Gasteiger partial charge is 0.355 e. The third-order valence-corrected chi connectivity index (χ3v) is 3.33. The van der Waals surface area contributed by atoms with Crippen molar-refractivity contribution in [2.45, 2.75) is 26.3 Å². The normalized spacial score (nSPS) is 10.6. The number of aromatic nitrogens is 2. The summed E-state index contributed by atoms with van der Waals surface area (Å²) in [6, 6.07) is 9.59. The van der Waals surface area contributed by atoms with Gasteiger partial charge in [-0.3, -0.25) is 0 Å². The number of benzene rings is 1. The lowest BCUT2D eigenvalue weighted by atomic mass is 10.2. The predicted molar refractivity (Wildman–Crippen MR) is 84.6 cm³/mol. The third-order valence-electron chi connectivity index (χ3n) is 2.90. The number of rotatable bonds is 5. The fourth-order valence-corrected chi connectivity index (χ4v) is 2.38. The lowest BCUT2D eigenvalue weighted by Gasteiger charge is -2.19. The molecule has 2 rings (SSSR count). The van der Waals surface area contributed by atoms with Crippen LogP contribution in [0.2, 0.25) is 10.2 Å². The van der Waals surface area contributed by atoms with Gasteiger partial charge < -0.3 is 4.90 Å². The molecule has 0 radical (unpaired) electrons. The van der Waals surface area contributed by atoms with Crippen molar-refractivity contribution in [3.05, 3.63) is 51.9 Å². The smallest absolute Gasteiger partial charge is 0.134 e. The summed E-state index contributed by atoms with van der Waals surface area (Å²) in [6.07, 6.45) is 1.83. The number of hydrogen-bond donors (Lipinski definition) is 0. The molecule has 0 aliphatic carbocycles. The van der Waals surface area contributed by atoms with Crippen molar-refractivity contribution in [3.8, 4) is 0 Å². The Labute approximate surface area is 129 Å². The molecule has 1 aromatic heterocycles. The maximum absolute atomic E-state index is 6.06. The molecule has 0 bridgehead atoms. The van der Waals surface area contributed by atoms with Gasteiger partial charge in [0.2, 0.25) is 0 Å². The topological polar surface area (TPSA) is 29.0 Å². The van der Waals surface area contributed by atoms with E-state index in [-0.39, 0.29) is 0 Å². The summed E-state index contributed by atoms with van der Waals surface area (Å²) >= 11 is 12.1. The van der Waals surface area contributed by atoms with Gasteiger partial charge in [-0.15, -0.1) is 0 Å². The van der Waals surface area contributed by atoms with Crippen molar-refractivity contribution >= 4 is 29.0 Å². The molecule has 20 heavy (non-hydrogen) atoms. The van der Waals surface area contributed by atoms with E-state index in [0.717, 1.165) is 41.6 Å². The van der Waals surface area contributed by atoms with E-state index < -0.39 is 0 Å². The van der Waals surface area contributed by atoms with Gasteiger partial charge in [-0.1, -0.05) is 42.3 Å². The summed E-state index contributed by atoms with van der Waals surface area (Å²) in [4.78, 5) is 10.8. The Morgan fingerprint density at radius 3 is 2.65 bits per heavy atom. The first-order valence-corrected chi connectivity index (χ1v) is 7.33. The molecule has 0 unspecified atom stereocenters. The number of hydrogen-bond acceptors (Lipinski definition) is 3. The van der Waals surface area contributed by atoms with Crippen molar-refractivity contribution in [2.75, 3.05) is 11.9 Å². The van der Waals surface area contributed by atoms with Crippen LogP contribution in [0.1, 0.15) is 24.7 Å². The van der Waals surface area contributed by atoms with E-state index in [4.69, 9.17) is 23.2 Å². The first kappa shape index (κ1) is 15.1. The average Bonchev–Trinajstić information content (AvgIpc) is 2.38. The van der Waals surface area contributed by atoms with E-state index in [1.165, 1.54) is 0 Å². The fourth-order valence-electron chi connectivity index (χ4n) is 1.97. The van der Waals surface area contributed by atoms with Crippen LogP contribution in [-0.4, -0.2) is 17.0 Å². The second-order valence-corrected chi connectivity index (χ2v) is 5.52. The van der Waals surface area contributed by atoms with E-state index in [1.807, 2.05) is 36.2 Å². The van der Waals surface area contributed by atoms with Gasteiger partial charge in [0.15, 0.2) is 0 Å². The molecule has 0 aliphatic rings. The summed E-state index contributed by atoms with van der Waals surface area (Å²) < 4.78 is 0. The van der Waals surface area contributed by atoms with Gasteiger partial charge in [0.05, 0.1) is 0 Å². The first-order chi connectivity index (χ1) is 9.58. The highest BCUT2D eigenvalue weighted by Gasteiger charge is 2.08. The first-order valence-electron chi connectivity index (χ1n) is 6.57. The highest BCUT2D eigenvalue weighted by atomic mass is 35.5. The zero-order valence-electron chi connectivity index (χ0n) is 11.6. The van der Waals surface area contributed by atoms with Crippen LogP contribution in [0.3, 0.4) is 0 Å². The minimum Gasteiger partial charge on any atom is -0.355 e. The van der Waals surface area contributed by atoms with Gasteiger partial charge in [0, 0.05) is 31.1 Å².